The van der Waals surface area contributed by atoms with E-state index in [0.717, 1.165) is 6.07 Å². The van der Waals surface area contributed by atoms with Crippen LogP contribution in [-0.2, 0) is 14.3 Å². The minimum atomic E-state index is -4.04. The van der Waals surface area contributed by atoms with Crippen molar-refractivity contribution in [1.82, 2.24) is 0 Å². The number of nitrogens with zero attached hydrogens (tertiary/aromatic N) is 1. The van der Waals surface area contributed by atoms with Gasteiger partial charge >= 0.3 is 0 Å². The van der Waals surface area contributed by atoms with Crippen LogP contribution in [0.2, 0.25) is 0 Å². The van der Waals surface area contributed by atoms with Gasteiger partial charge in [-0.25, -0.2) is 0 Å². The number of nitro benzene ring substituents is 1. The summed E-state index contributed by atoms with van der Waals surface area (Å²) in [4.78, 5) is 9.41. The van der Waals surface area contributed by atoms with Crippen molar-refractivity contribution in [3.05, 3.63) is 34.4 Å². The summed E-state index contributed by atoms with van der Waals surface area (Å²) in [5.41, 5.74) is -0.339. The van der Waals surface area contributed by atoms with E-state index >= 15 is 0 Å². The maximum Gasteiger partial charge on any atom is 0.297 e. The molecule has 88 valence electrons. The SMILES string of the molecule is O=[N+]([O-])c1cccc(S(=O)(=O)OCCO)c1. The van der Waals surface area contributed by atoms with Crippen LogP contribution in [0.25, 0.3) is 0 Å². The molecule has 0 bridgehead atoms. The Bertz CT molecular complexity index is 483. The van der Waals surface area contributed by atoms with Crippen LogP contribution in [0.4, 0.5) is 5.69 Å². The van der Waals surface area contributed by atoms with Crippen molar-refractivity contribution in [3.63, 3.8) is 0 Å². The Hall–Kier alpha value is -1.51. The first-order valence-electron chi connectivity index (χ1n) is 4.22. The molecule has 0 radical (unpaired) electrons. The number of hydrogen-bond donors (Lipinski definition) is 1. The van der Waals surface area contributed by atoms with E-state index in [2.05, 4.69) is 4.18 Å². The number of rotatable bonds is 5. The predicted octanol–water partition coefficient (Wildman–Crippen LogP) is 0.292. The van der Waals surface area contributed by atoms with Crippen LogP contribution in [0.1, 0.15) is 0 Å². The highest BCUT2D eigenvalue weighted by Crippen LogP contribution is 2.18. The zero-order chi connectivity index (χ0) is 12.2. The minimum absolute atomic E-state index is 0.310. The molecule has 0 fully saturated rings. The minimum Gasteiger partial charge on any atom is -0.394 e. The topological polar surface area (TPSA) is 107 Å². The lowest BCUT2D eigenvalue weighted by atomic mass is 10.3. The van der Waals surface area contributed by atoms with Gasteiger partial charge in [-0.2, -0.15) is 8.42 Å². The molecule has 1 rings (SSSR count). The van der Waals surface area contributed by atoms with Crippen LogP contribution in [0.5, 0.6) is 0 Å². The van der Waals surface area contributed by atoms with Gasteiger partial charge in [-0.1, -0.05) is 6.07 Å². The molecule has 0 saturated heterocycles. The van der Waals surface area contributed by atoms with Gasteiger partial charge in [0, 0.05) is 12.1 Å². The van der Waals surface area contributed by atoms with Crippen molar-refractivity contribution >= 4 is 15.8 Å². The molecule has 0 spiro atoms. The molecule has 0 heterocycles. The van der Waals surface area contributed by atoms with E-state index in [1.807, 2.05) is 0 Å². The van der Waals surface area contributed by atoms with E-state index in [9.17, 15) is 18.5 Å². The molecule has 0 aliphatic heterocycles. The third-order valence-corrected chi connectivity index (χ3v) is 2.96. The lowest BCUT2D eigenvalue weighted by Gasteiger charge is -2.03. The largest absolute Gasteiger partial charge is 0.394 e. The van der Waals surface area contributed by atoms with Gasteiger partial charge in [-0.05, 0) is 6.07 Å². The standard InChI is InChI=1S/C8H9NO6S/c10-4-5-15-16(13,14)8-3-1-2-7(6-8)9(11)12/h1-3,6,10H,4-5H2. The molecule has 0 aliphatic rings. The Morgan fingerprint density at radius 1 is 1.44 bits per heavy atom. The Morgan fingerprint density at radius 2 is 2.12 bits per heavy atom. The molecule has 1 aromatic rings. The van der Waals surface area contributed by atoms with Gasteiger partial charge in [0.25, 0.3) is 15.8 Å². The normalized spacial score (nSPS) is 11.3. The van der Waals surface area contributed by atoms with Crippen LogP contribution in [-0.4, -0.2) is 31.7 Å². The molecular formula is C8H9NO6S. The maximum absolute atomic E-state index is 11.4. The summed E-state index contributed by atoms with van der Waals surface area (Å²) in [5.74, 6) is 0. The number of benzene rings is 1. The number of non-ortho nitro benzene ring substituents is 1. The summed E-state index contributed by atoms with van der Waals surface area (Å²) >= 11 is 0. The highest BCUT2D eigenvalue weighted by Gasteiger charge is 2.18. The zero-order valence-corrected chi connectivity index (χ0v) is 8.88. The first-order valence-corrected chi connectivity index (χ1v) is 5.63. The molecule has 8 heteroatoms. The molecule has 0 aromatic heterocycles. The molecule has 0 amide bonds. The lowest BCUT2D eigenvalue weighted by molar-refractivity contribution is -0.385. The molecule has 16 heavy (non-hydrogen) atoms. The molecule has 0 saturated carbocycles. The molecule has 0 atom stereocenters. The molecule has 1 aromatic carbocycles. The number of aliphatic hydroxyl groups excluding tert-OH is 1. The van der Waals surface area contributed by atoms with E-state index in [1.54, 1.807) is 0 Å². The van der Waals surface area contributed by atoms with Gasteiger partial charge < -0.3 is 5.11 Å². The van der Waals surface area contributed by atoms with E-state index in [-0.39, 0.29) is 17.2 Å². The predicted molar refractivity (Wildman–Crippen MR) is 53.3 cm³/mol. The number of nitro groups is 1. The Morgan fingerprint density at radius 3 is 2.69 bits per heavy atom. The Labute approximate surface area is 91.6 Å². The van der Waals surface area contributed by atoms with Crippen molar-refractivity contribution in [2.75, 3.05) is 13.2 Å². The molecule has 1 N–H and O–H groups in total. The second-order valence-electron chi connectivity index (χ2n) is 2.75. The third-order valence-electron chi connectivity index (χ3n) is 1.65. The van der Waals surface area contributed by atoms with Crippen molar-refractivity contribution < 1.29 is 22.6 Å². The fraction of sp³-hybridized carbons (Fsp3) is 0.250. The van der Waals surface area contributed by atoms with Crippen molar-refractivity contribution in [2.24, 2.45) is 0 Å². The average Bonchev–Trinajstić information content (AvgIpc) is 2.26. The highest BCUT2D eigenvalue weighted by atomic mass is 32.2. The molecular weight excluding hydrogens is 238 g/mol. The Kier molecular flexibility index (Phi) is 3.93. The lowest BCUT2D eigenvalue weighted by Crippen LogP contribution is -2.09. The molecule has 0 unspecified atom stereocenters. The van der Waals surface area contributed by atoms with Crippen LogP contribution in [0, 0.1) is 10.1 Å². The highest BCUT2D eigenvalue weighted by molar-refractivity contribution is 7.86. The second kappa shape index (κ2) is 5.01. The Balaban J connectivity index is 3.04. The van der Waals surface area contributed by atoms with Gasteiger partial charge in [0.15, 0.2) is 0 Å². The van der Waals surface area contributed by atoms with E-state index in [4.69, 9.17) is 5.11 Å². The summed E-state index contributed by atoms with van der Waals surface area (Å²) in [6.45, 7) is -0.834. The maximum atomic E-state index is 11.4. The summed E-state index contributed by atoms with van der Waals surface area (Å²) in [6.07, 6.45) is 0. The summed E-state index contributed by atoms with van der Waals surface area (Å²) in [7, 11) is -4.04. The van der Waals surface area contributed by atoms with Crippen molar-refractivity contribution in [3.8, 4) is 0 Å². The van der Waals surface area contributed by atoms with Gasteiger partial charge in [0.05, 0.1) is 18.1 Å². The fourth-order valence-corrected chi connectivity index (χ4v) is 1.91. The zero-order valence-electron chi connectivity index (χ0n) is 8.07. The quantitative estimate of drug-likeness (QED) is 0.455. The molecule has 7 nitrogen and oxygen atoms in total. The number of hydrogen-bond acceptors (Lipinski definition) is 6. The summed E-state index contributed by atoms with van der Waals surface area (Å²) < 4.78 is 27.2. The van der Waals surface area contributed by atoms with Gasteiger partial charge in [-0.15, -0.1) is 0 Å². The average molecular weight is 247 g/mol. The second-order valence-corrected chi connectivity index (χ2v) is 4.37. The van der Waals surface area contributed by atoms with Crippen LogP contribution in [0.3, 0.4) is 0 Å². The van der Waals surface area contributed by atoms with Crippen LogP contribution >= 0.6 is 0 Å². The smallest absolute Gasteiger partial charge is 0.297 e. The first kappa shape index (κ1) is 12.6. The first-order chi connectivity index (χ1) is 7.47. The molecule has 0 aliphatic carbocycles. The summed E-state index contributed by atoms with van der Waals surface area (Å²) in [6, 6.07) is 4.49. The van der Waals surface area contributed by atoms with Crippen LogP contribution in [0.15, 0.2) is 29.2 Å². The van der Waals surface area contributed by atoms with E-state index < -0.39 is 21.6 Å². The van der Waals surface area contributed by atoms with Gasteiger partial charge in [0.1, 0.15) is 4.90 Å². The van der Waals surface area contributed by atoms with Gasteiger partial charge in [-0.3, -0.25) is 14.3 Å². The van der Waals surface area contributed by atoms with Crippen molar-refractivity contribution in [2.45, 2.75) is 4.90 Å². The number of aliphatic hydroxyl groups is 1. The van der Waals surface area contributed by atoms with E-state index in [0.29, 0.717) is 0 Å². The third kappa shape index (κ3) is 2.99. The monoisotopic (exact) mass is 247 g/mol. The van der Waals surface area contributed by atoms with E-state index in [1.165, 1.54) is 18.2 Å². The fourth-order valence-electron chi connectivity index (χ4n) is 0.968. The van der Waals surface area contributed by atoms with Gasteiger partial charge in [0.2, 0.25) is 0 Å². The van der Waals surface area contributed by atoms with Crippen LogP contribution < -0.4 is 0 Å². The van der Waals surface area contributed by atoms with Crippen molar-refractivity contribution in [1.29, 1.82) is 0 Å². The summed E-state index contributed by atoms with van der Waals surface area (Å²) in [5, 5.41) is 18.8.